The zero-order valence-corrected chi connectivity index (χ0v) is 13.8. The van der Waals surface area contributed by atoms with Gasteiger partial charge in [0.2, 0.25) is 0 Å². The molecule has 1 aromatic carbocycles. The van der Waals surface area contributed by atoms with E-state index in [9.17, 15) is 0 Å². The zero-order valence-electron chi connectivity index (χ0n) is 13.8. The lowest BCUT2D eigenvalue weighted by Crippen LogP contribution is -2.25. The van der Waals surface area contributed by atoms with Crippen LogP contribution in [0.4, 0.5) is 0 Å². The lowest BCUT2D eigenvalue weighted by Gasteiger charge is -2.25. The molecule has 0 bridgehead atoms. The summed E-state index contributed by atoms with van der Waals surface area (Å²) in [5.41, 5.74) is 1.30. The van der Waals surface area contributed by atoms with Crippen LogP contribution in [0.25, 0.3) is 0 Å². The van der Waals surface area contributed by atoms with Crippen molar-refractivity contribution in [3.8, 4) is 5.75 Å². The van der Waals surface area contributed by atoms with Gasteiger partial charge < -0.3 is 10.1 Å². The lowest BCUT2D eigenvalue weighted by molar-refractivity contribution is 0.236. The Morgan fingerprint density at radius 2 is 1.80 bits per heavy atom. The Kier molecular flexibility index (Phi) is 7.68. The van der Waals surface area contributed by atoms with Gasteiger partial charge in [-0.3, -0.25) is 0 Å². The van der Waals surface area contributed by atoms with Gasteiger partial charge in [-0.1, -0.05) is 45.4 Å². The molecule has 0 aliphatic carbocycles. The first kappa shape index (κ1) is 17.0. The first-order valence-electron chi connectivity index (χ1n) is 8.07. The quantitative estimate of drug-likeness (QED) is 0.689. The summed E-state index contributed by atoms with van der Waals surface area (Å²) in [5.74, 6) is 1.75. The van der Waals surface area contributed by atoms with Crippen LogP contribution in [-0.2, 0) is 0 Å². The number of hydrogen-bond acceptors (Lipinski definition) is 2. The van der Waals surface area contributed by atoms with Crippen LogP contribution in [0.5, 0.6) is 5.75 Å². The second kappa shape index (κ2) is 9.02. The van der Waals surface area contributed by atoms with Gasteiger partial charge in [0.25, 0.3) is 0 Å². The van der Waals surface area contributed by atoms with Gasteiger partial charge in [-0.15, -0.1) is 0 Å². The predicted molar refractivity (Wildman–Crippen MR) is 87.3 cm³/mol. The third kappa shape index (κ3) is 5.54. The summed E-state index contributed by atoms with van der Waals surface area (Å²) in [5, 5.41) is 3.68. The van der Waals surface area contributed by atoms with Gasteiger partial charge in [-0.05, 0) is 45.2 Å². The van der Waals surface area contributed by atoms with Gasteiger partial charge in [0, 0.05) is 11.6 Å². The number of benzene rings is 1. The van der Waals surface area contributed by atoms with E-state index in [2.05, 4.69) is 64.2 Å². The van der Waals surface area contributed by atoms with Crippen LogP contribution in [0.1, 0.15) is 65.5 Å². The molecule has 2 unspecified atom stereocenters. The number of ether oxygens (including phenoxy) is 1. The van der Waals surface area contributed by atoms with E-state index in [4.69, 9.17) is 4.74 Å². The lowest BCUT2D eigenvalue weighted by atomic mass is 9.93. The maximum atomic E-state index is 5.98. The van der Waals surface area contributed by atoms with Crippen molar-refractivity contribution in [2.24, 2.45) is 5.92 Å². The van der Waals surface area contributed by atoms with E-state index < -0.39 is 0 Å². The Hall–Kier alpha value is -1.02. The Bertz CT molecular complexity index is 375. The molecule has 0 fully saturated rings. The van der Waals surface area contributed by atoms with Gasteiger partial charge in [-0.2, -0.15) is 0 Å². The fraction of sp³-hybridized carbons (Fsp3) is 0.667. The number of para-hydroxylation sites is 1. The molecule has 2 heteroatoms. The van der Waals surface area contributed by atoms with Gasteiger partial charge >= 0.3 is 0 Å². The first-order valence-corrected chi connectivity index (χ1v) is 8.07. The van der Waals surface area contributed by atoms with Crippen molar-refractivity contribution in [2.45, 2.75) is 66.0 Å². The molecule has 0 aromatic heterocycles. The average Bonchev–Trinajstić information content (AvgIpc) is 2.43. The highest BCUT2D eigenvalue weighted by Crippen LogP contribution is 2.30. The van der Waals surface area contributed by atoms with Crippen LogP contribution in [0.3, 0.4) is 0 Å². The fourth-order valence-electron chi connectivity index (χ4n) is 2.34. The van der Waals surface area contributed by atoms with Crippen LogP contribution in [0.15, 0.2) is 24.3 Å². The smallest absolute Gasteiger partial charge is 0.124 e. The highest BCUT2D eigenvalue weighted by molar-refractivity contribution is 5.36. The number of rotatable bonds is 9. The standard InChI is InChI=1S/C18H31NO/c1-6-12-19-17(13-15(5)7-2)16-10-8-9-11-18(16)20-14(3)4/h8-11,14-15,17,19H,6-7,12-13H2,1-5H3. The van der Waals surface area contributed by atoms with E-state index in [1.807, 2.05) is 0 Å². The summed E-state index contributed by atoms with van der Waals surface area (Å²) in [4.78, 5) is 0. The highest BCUT2D eigenvalue weighted by Gasteiger charge is 2.18. The maximum Gasteiger partial charge on any atom is 0.124 e. The Balaban J connectivity index is 2.93. The van der Waals surface area contributed by atoms with Crippen molar-refractivity contribution >= 4 is 0 Å². The van der Waals surface area contributed by atoms with Gasteiger partial charge in [0.05, 0.1) is 6.10 Å². The summed E-state index contributed by atoms with van der Waals surface area (Å²) >= 11 is 0. The van der Waals surface area contributed by atoms with Gasteiger partial charge in [0.15, 0.2) is 0 Å². The van der Waals surface area contributed by atoms with Crippen LogP contribution < -0.4 is 10.1 Å². The van der Waals surface area contributed by atoms with Crippen molar-refractivity contribution < 1.29 is 4.74 Å². The minimum atomic E-state index is 0.214. The molecule has 1 N–H and O–H groups in total. The van der Waals surface area contributed by atoms with Crippen molar-refractivity contribution in [1.82, 2.24) is 5.32 Å². The molecule has 0 saturated carbocycles. The predicted octanol–water partition coefficient (Wildman–Crippen LogP) is 4.95. The summed E-state index contributed by atoms with van der Waals surface area (Å²) in [6.07, 6.45) is 3.75. The third-order valence-corrected chi connectivity index (χ3v) is 3.63. The third-order valence-electron chi connectivity index (χ3n) is 3.63. The van der Waals surface area contributed by atoms with Crippen LogP contribution in [0.2, 0.25) is 0 Å². The summed E-state index contributed by atoms with van der Waals surface area (Å²) in [6, 6.07) is 8.85. The molecule has 0 aliphatic heterocycles. The van der Waals surface area contributed by atoms with Crippen molar-refractivity contribution in [2.75, 3.05) is 6.54 Å². The number of hydrogen-bond donors (Lipinski definition) is 1. The molecule has 2 atom stereocenters. The maximum absolute atomic E-state index is 5.98. The van der Waals surface area contributed by atoms with Crippen LogP contribution in [0, 0.1) is 5.92 Å². The van der Waals surface area contributed by atoms with Crippen LogP contribution >= 0.6 is 0 Å². The minimum absolute atomic E-state index is 0.214. The minimum Gasteiger partial charge on any atom is -0.491 e. The van der Waals surface area contributed by atoms with Gasteiger partial charge in [0.1, 0.15) is 5.75 Å². The molecule has 114 valence electrons. The summed E-state index contributed by atoms with van der Waals surface area (Å²) in [7, 11) is 0. The molecular formula is C18H31NO. The topological polar surface area (TPSA) is 21.3 Å². The fourth-order valence-corrected chi connectivity index (χ4v) is 2.34. The Morgan fingerprint density at radius 3 is 2.40 bits per heavy atom. The molecule has 2 nitrogen and oxygen atoms in total. The average molecular weight is 277 g/mol. The molecular weight excluding hydrogens is 246 g/mol. The molecule has 0 heterocycles. The normalized spacial score (nSPS) is 14.3. The highest BCUT2D eigenvalue weighted by atomic mass is 16.5. The second-order valence-electron chi connectivity index (χ2n) is 5.96. The molecule has 20 heavy (non-hydrogen) atoms. The number of nitrogens with one attached hydrogen (secondary N) is 1. The second-order valence-corrected chi connectivity index (χ2v) is 5.96. The Labute approximate surface area is 124 Å². The molecule has 1 rings (SSSR count). The van der Waals surface area contributed by atoms with Crippen LogP contribution in [-0.4, -0.2) is 12.6 Å². The van der Waals surface area contributed by atoms with E-state index >= 15 is 0 Å². The molecule has 0 spiro atoms. The SMILES string of the molecule is CCCNC(CC(C)CC)c1ccccc1OC(C)C. The van der Waals surface area contributed by atoms with E-state index in [-0.39, 0.29) is 6.10 Å². The van der Waals surface area contributed by atoms with Gasteiger partial charge in [-0.25, -0.2) is 0 Å². The monoisotopic (exact) mass is 277 g/mol. The summed E-state index contributed by atoms with van der Waals surface area (Å²) in [6.45, 7) is 12.0. The first-order chi connectivity index (χ1) is 9.58. The van der Waals surface area contributed by atoms with E-state index in [1.54, 1.807) is 0 Å². The van der Waals surface area contributed by atoms with E-state index in [0.29, 0.717) is 6.04 Å². The van der Waals surface area contributed by atoms with Crippen molar-refractivity contribution in [3.05, 3.63) is 29.8 Å². The molecule has 0 amide bonds. The van der Waals surface area contributed by atoms with Crippen molar-refractivity contribution in [3.63, 3.8) is 0 Å². The molecule has 0 saturated heterocycles. The largest absolute Gasteiger partial charge is 0.491 e. The Morgan fingerprint density at radius 1 is 1.10 bits per heavy atom. The molecule has 1 aromatic rings. The molecule has 0 radical (unpaired) electrons. The molecule has 0 aliphatic rings. The zero-order chi connectivity index (χ0) is 15.0. The van der Waals surface area contributed by atoms with E-state index in [1.165, 1.54) is 12.0 Å². The van der Waals surface area contributed by atoms with E-state index in [0.717, 1.165) is 31.1 Å². The van der Waals surface area contributed by atoms with Crippen molar-refractivity contribution in [1.29, 1.82) is 0 Å². The summed E-state index contributed by atoms with van der Waals surface area (Å²) < 4.78 is 5.98.